The van der Waals surface area contributed by atoms with Crippen molar-refractivity contribution >= 4 is 11.1 Å². The molecule has 0 bridgehead atoms. The lowest BCUT2D eigenvalue weighted by Crippen LogP contribution is -2.22. The van der Waals surface area contributed by atoms with Crippen LogP contribution in [0.25, 0.3) is 11.1 Å². The predicted molar refractivity (Wildman–Crippen MR) is 61.7 cm³/mol. The molecule has 1 saturated heterocycles. The van der Waals surface area contributed by atoms with Crippen LogP contribution < -0.4 is 11.1 Å². The fourth-order valence-corrected chi connectivity index (χ4v) is 2.35. The van der Waals surface area contributed by atoms with Crippen LogP contribution >= 0.6 is 0 Å². The van der Waals surface area contributed by atoms with Crippen molar-refractivity contribution in [3.05, 3.63) is 34.3 Å². The maximum absolute atomic E-state index is 11.8. The molecule has 84 valence electrons. The summed E-state index contributed by atoms with van der Waals surface area (Å²) in [6, 6.07) is 6.12. The Bertz CT molecular complexity index is 576. The third-order valence-electron chi connectivity index (χ3n) is 3.17. The summed E-state index contributed by atoms with van der Waals surface area (Å²) in [6.07, 6.45) is 0.989. The maximum atomic E-state index is 11.8. The predicted octanol–water partition coefficient (Wildman–Crippen LogP) is 1.44. The van der Waals surface area contributed by atoms with Crippen LogP contribution in [0.2, 0.25) is 0 Å². The van der Waals surface area contributed by atoms with Crippen molar-refractivity contribution in [2.75, 3.05) is 13.1 Å². The van der Waals surface area contributed by atoms with Crippen molar-refractivity contribution in [2.45, 2.75) is 19.4 Å². The lowest BCUT2D eigenvalue weighted by Gasteiger charge is -2.08. The van der Waals surface area contributed by atoms with E-state index in [1.807, 2.05) is 25.1 Å². The van der Waals surface area contributed by atoms with E-state index in [1.54, 1.807) is 4.57 Å². The first kappa shape index (κ1) is 9.66. The zero-order valence-electron chi connectivity index (χ0n) is 9.19. The summed E-state index contributed by atoms with van der Waals surface area (Å²) in [4.78, 5) is 11.8. The first-order valence-electron chi connectivity index (χ1n) is 5.58. The van der Waals surface area contributed by atoms with E-state index in [4.69, 9.17) is 4.42 Å². The molecule has 0 aliphatic carbocycles. The molecule has 1 atom stereocenters. The number of benzene rings is 1. The minimum absolute atomic E-state index is 0.233. The number of rotatable bonds is 1. The first-order valence-corrected chi connectivity index (χ1v) is 5.58. The molecule has 3 rings (SSSR count). The van der Waals surface area contributed by atoms with Crippen LogP contribution in [0.15, 0.2) is 27.4 Å². The Labute approximate surface area is 92.9 Å². The van der Waals surface area contributed by atoms with Gasteiger partial charge < -0.3 is 9.73 Å². The highest BCUT2D eigenvalue weighted by atomic mass is 16.4. The third-order valence-corrected chi connectivity index (χ3v) is 3.17. The lowest BCUT2D eigenvalue weighted by atomic mass is 10.2. The van der Waals surface area contributed by atoms with E-state index in [9.17, 15) is 4.79 Å². The van der Waals surface area contributed by atoms with Crippen molar-refractivity contribution in [1.29, 1.82) is 0 Å². The average Bonchev–Trinajstić information content (AvgIpc) is 2.83. The van der Waals surface area contributed by atoms with Crippen LogP contribution in [0.5, 0.6) is 0 Å². The third kappa shape index (κ3) is 1.38. The molecule has 1 aliphatic rings. The SMILES string of the molecule is Cc1ccc2c(c1)oc(=O)n2C1CCNC1. The second kappa shape index (κ2) is 3.49. The van der Waals surface area contributed by atoms with Crippen LogP contribution in [0.3, 0.4) is 0 Å². The molecule has 1 unspecified atom stereocenters. The van der Waals surface area contributed by atoms with Gasteiger partial charge in [-0.05, 0) is 37.6 Å². The smallest absolute Gasteiger partial charge is 0.408 e. The van der Waals surface area contributed by atoms with Crippen molar-refractivity contribution in [3.63, 3.8) is 0 Å². The summed E-state index contributed by atoms with van der Waals surface area (Å²) in [5.41, 5.74) is 2.71. The number of fused-ring (bicyclic) bond motifs is 1. The highest BCUT2D eigenvalue weighted by Gasteiger charge is 2.21. The molecule has 0 spiro atoms. The van der Waals surface area contributed by atoms with Crippen molar-refractivity contribution in [2.24, 2.45) is 0 Å². The summed E-state index contributed by atoms with van der Waals surface area (Å²) < 4.78 is 7.04. The average molecular weight is 218 g/mol. The Balaban J connectivity index is 2.23. The van der Waals surface area contributed by atoms with Gasteiger partial charge in [-0.1, -0.05) is 6.07 Å². The number of hydrogen-bond donors (Lipinski definition) is 1. The van der Waals surface area contributed by atoms with Gasteiger partial charge in [-0.15, -0.1) is 0 Å². The number of nitrogens with one attached hydrogen (secondary N) is 1. The van der Waals surface area contributed by atoms with Crippen LogP contribution in [0.4, 0.5) is 0 Å². The molecule has 4 nitrogen and oxygen atoms in total. The van der Waals surface area contributed by atoms with Gasteiger partial charge in [0.25, 0.3) is 0 Å². The van der Waals surface area contributed by atoms with Crippen molar-refractivity contribution in [1.82, 2.24) is 9.88 Å². The first-order chi connectivity index (χ1) is 7.75. The zero-order chi connectivity index (χ0) is 11.1. The number of aryl methyl sites for hydroxylation is 1. The molecular formula is C12H14N2O2. The molecule has 1 fully saturated rings. The van der Waals surface area contributed by atoms with Crippen LogP contribution in [-0.4, -0.2) is 17.7 Å². The summed E-state index contributed by atoms with van der Waals surface area (Å²) in [5, 5.41) is 3.26. The van der Waals surface area contributed by atoms with Crippen molar-refractivity contribution < 1.29 is 4.42 Å². The second-order valence-electron chi connectivity index (χ2n) is 4.36. The second-order valence-corrected chi connectivity index (χ2v) is 4.36. The molecular weight excluding hydrogens is 204 g/mol. The summed E-state index contributed by atoms with van der Waals surface area (Å²) in [5.74, 6) is -0.241. The van der Waals surface area contributed by atoms with Gasteiger partial charge in [0, 0.05) is 6.54 Å². The highest BCUT2D eigenvalue weighted by molar-refractivity contribution is 5.73. The number of hydrogen-bond acceptors (Lipinski definition) is 3. The van der Waals surface area contributed by atoms with E-state index in [2.05, 4.69) is 5.32 Å². The van der Waals surface area contributed by atoms with Crippen LogP contribution in [-0.2, 0) is 0 Å². The Morgan fingerprint density at radius 1 is 1.50 bits per heavy atom. The van der Waals surface area contributed by atoms with Crippen molar-refractivity contribution in [3.8, 4) is 0 Å². The maximum Gasteiger partial charge on any atom is 0.420 e. The van der Waals surface area contributed by atoms with Crippen LogP contribution in [0, 0.1) is 6.92 Å². The van der Waals surface area contributed by atoms with E-state index in [1.165, 1.54) is 0 Å². The molecule has 4 heteroatoms. The molecule has 1 aromatic heterocycles. The number of aromatic nitrogens is 1. The topological polar surface area (TPSA) is 47.2 Å². The Morgan fingerprint density at radius 2 is 2.38 bits per heavy atom. The van der Waals surface area contributed by atoms with Gasteiger partial charge in [0.1, 0.15) is 0 Å². The van der Waals surface area contributed by atoms with Gasteiger partial charge in [-0.25, -0.2) is 4.79 Å². The molecule has 16 heavy (non-hydrogen) atoms. The van der Waals surface area contributed by atoms with Gasteiger partial charge in [0.2, 0.25) is 0 Å². The molecule has 0 saturated carbocycles. The minimum Gasteiger partial charge on any atom is -0.408 e. The standard InChI is InChI=1S/C12H14N2O2/c1-8-2-3-10-11(6-8)16-12(15)14(10)9-4-5-13-7-9/h2-3,6,9,13H,4-5,7H2,1H3. The van der Waals surface area contributed by atoms with Gasteiger partial charge in [-0.2, -0.15) is 0 Å². The Hall–Kier alpha value is -1.55. The molecule has 2 heterocycles. The normalized spacial score (nSPS) is 20.7. The Morgan fingerprint density at radius 3 is 3.12 bits per heavy atom. The number of oxazole rings is 1. The number of nitrogens with zero attached hydrogens (tertiary/aromatic N) is 1. The van der Waals surface area contributed by atoms with Gasteiger partial charge in [0.15, 0.2) is 5.58 Å². The highest BCUT2D eigenvalue weighted by Crippen LogP contribution is 2.21. The fourth-order valence-electron chi connectivity index (χ4n) is 2.35. The van der Waals surface area contributed by atoms with E-state index >= 15 is 0 Å². The fraction of sp³-hybridized carbons (Fsp3) is 0.417. The van der Waals surface area contributed by atoms with Gasteiger partial charge in [-0.3, -0.25) is 4.57 Å². The van der Waals surface area contributed by atoms with E-state index in [0.29, 0.717) is 5.58 Å². The zero-order valence-corrected chi connectivity index (χ0v) is 9.19. The molecule has 1 N–H and O–H groups in total. The summed E-state index contributed by atoms with van der Waals surface area (Å²) >= 11 is 0. The van der Waals surface area contributed by atoms with Crippen LogP contribution in [0.1, 0.15) is 18.0 Å². The molecule has 1 aromatic carbocycles. The monoisotopic (exact) mass is 218 g/mol. The largest absolute Gasteiger partial charge is 0.420 e. The molecule has 1 aliphatic heterocycles. The molecule has 0 radical (unpaired) electrons. The van der Waals surface area contributed by atoms with E-state index < -0.39 is 0 Å². The lowest BCUT2D eigenvalue weighted by molar-refractivity contribution is 0.459. The minimum atomic E-state index is -0.241. The summed E-state index contributed by atoms with van der Waals surface area (Å²) in [7, 11) is 0. The van der Waals surface area contributed by atoms with Gasteiger partial charge in [0.05, 0.1) is 11.6 Å². The Kier molecular flexibility index (Phi) is 2.11. The summed E-state index contributed by atoms with van der Waals surface area (Å²) in [6.45, 7) is 3.81. The molecule has 2 aromatic rings. The quantitative estimate of drug-likeness (QED) is 0.787. The van der Waals surface area contributed by atoms with Gasteiger partial charge >= 0.3 is 5.76 Å². The van der Waals surface area contributed by atoms with E-state index in [-0.39, 0.29) is 11.8 Å². The molecule has 0 amide bonds. The van der Waals surface area contributed by atoms with E-state index in [0.717, 1.165) is 30.6 Å².